The Hall–Kier alpha value is -1.63. The van der Waals surface area contributed by atoms with Crippen LogP contribution < -0.4 is 16.4 Å². The highest BCUT2D eigenvalue weighted by Gasteiger charge is 2.12. The summed E-state index contributed by atoms with van der Waals surface area (Å²) < 4.78 is 4.81. The fourth-order valence-electron chi connectivity index (χ4n) is 1.54. The molecule has 112 valence electrons. The number of nitrogens with two attached hydrogens (primary N) is 1. The summed E-state index contributed by atoms with van der Waals surface area (Å²) in [4.78, 5) is 22.5. The number of hydrogen-bond acceptors (Lipinski definition) is 4. The second-order valence-corrected chi connectivity index (χ2v) is 4.16. The van der Waals surface area contributed by atoms with E-state index < -0.39 is 6.04 Å². The molecule has 0 bridgehead atoms. The number of carbonyl (C=O) groups is 2. The average molecular weight is 302 g/mol. The molecule has 2 amide bonds. The van der Waals surface area contributed by atoms with E-state index in [1.807, 2.05) is 12.1 Å². The SMILES string of the molecule is COCC(N)C(=O)NCc1cccc(NC(C)=O)c1.Cl. The Balaban J connectivity index is 0.00000361. The van der Waals surface area contributed by atoms with Crippen LogP contribution in [0.1, 0.15) is 12.5 Å². The molecule has 4 N–H and O–H groups in total. The number of hydrogen-bond donors (Lipinski definition) is 3. The molecular formula is C13H20ClN3O3. The Morgan fingerprint density at radius 2 is 2.10 bits per heavy atom. The molecule has 1 rings (SSSR count). The lowest BCUT2D eigenvalue weighted by molar-refractivity contribution is -0.123. The van der Waals surface area contributed by atoms with E-state index in [-0.39, 0.29) is 30.8 Å². The smallest absolute Gasteiger partial charge is 0.239 e. The van der Waals surface area contributed by atoms with Gasteiger partial charge < -0.3 is 21.1 Å². The fraction of sp³-hybridized carbons (Fsp3) is 0.385. The molecule has 7 heteroatoms. The van der Waals surface area contributed by atoms with Gasteiger partial charge in [0.2, 0.25) is 11.8 Å². The number of rotatable bonds is 6. The van der Waals surface area contributed by atoms with Crippen LogP contribution in [0.3, 0.4) is 0 Å². The van der Waals surface area contributed by atoms with Crippen molar-refractivity contribution in [2.45, 2.75) is 19.5 Å². The number of methoxy groups -OCH3 is 1. The van der Waals surface area contributed by atoms with Crippen LogP contribution in [0.2, 0.25) is 0 Å². The molecule has 0 radical (unpaired) electrons. The fourth-order valence-corrected chi connectivity index (χ4v) is 1.54. The van der Waals surface area contributed by atoms with E-state index in [2.05, 4.69) is 10.6 Å². The number of amides is 2. The summed E-state index contributed by atoms with van der Waals surface area (Å²) in [7, 11) is 1.49. The van der Waals surface area contributed by atoms with Crippen molar-refractivity contribution >= 4 is 29.9 Å². The third kappa shape index (κ3) is 6.51. The van der Waals surface area contributed by atoms with E-state index >= 15 is 0 Å². The van der Waals surface area contributed by atoms with Gasteiger partial charge in [-0.1, -0.05) is 12.1 Å². The molecule has 6 nitrogen and oxygen atoms in total. The van der Waals surface area contributed by atoms with E-state index in [4.69, 9.17) is 10.5 Å². The van der Waals surface area contributed by atoms with E-state index in [0.717, 1.165) is 5.56 Å². The van der Waals surface area contributed by atoms with Crippen LogP contribution in [0.5, 0.6) is 0 Å². The number of anilines is 1. The van der Waals surface area contributed by atoms with Gasteiger partial charge in [-0.2, -0.15) is 0 Å². The Morgan fingerprint density at radius 1 is 1.40 bits per heavy atom. The van der Waals surface area contributed by atoms with Crippen molar-refractivity contribution in [1.29, 1.82) is 0 Å². The first-order chi connectivity index (χ1) is 9.02. The number of benzene rings is 1. The summed E-state index contributed by atoms with van der Waals surface area (Å²) in [5, 5.41) is 5.39. The molecule has 20 heavy (non-hydrogen) atoms. The van der Waals surface area contributed by atoms with Gasteiger partial charge in [-0.25, -0.2) is 0 Å². The second kappa shape index (κ2) is 9.30. The maximum atomic E-state index is 11.6. The van der Waals surface area contributed by atoms with Crippen LogP contribution in [-0.4, -0.2) is 31.6 Å². The lowest BCUT2D eigenvalue weighted by Crippen LogP contribution is -2.43. The number of carbonyl (C=O) groups excluding carboxylic acids is 2. The van der Waals surface area contributed by atoms with Gasteiger partial charge in [0.25, 0.3) is 0 Å². The summed E-state index contributed by atoms with van der Waals surface area (Å²) in [6, 6.07) is 6.56. The van der Waals surface area contributed by atoms with Gasteiger partial charge in [0.1, 0.15) is 6.04 Å². The monoisotopic (exact) mass is 301 g/mol. The predicted molar refractivity (Wildman–Crippen MR) is 79.7 cm³/mol. The lowest BCUT2D eigenvalue weighted by atomic mass is 10.2. The largest absolute Gasteiger partial charge is 0.383 e. The quantitative estimate of drug-likeness (QED) is 0.719. The summed E-state index contributed by atoms with van der Waals surface area (Å²) in [5.74, 6) is -0.407. The van der Waals surface area contributed by atoms with Gasteiger partial charge in [-0.15, -0.1) is 12.4 Å². The minimum atomic E-state index is -0.677. The van der Waals surface area contributed by atoms with Gasteiger partial charge in [0.15, 0.2) is 0 Å². The molecule has 0 saturated heterocycles. The molecule has 0 heterocycles. The van der Waals surface area contributed by atoms with Crippen molar-refractivity contribution in [3.8, 4) is 0 Å². The highest BCUT2D eigenvalue weighted by atomic mass is 35.5. The van der Waals surface area contributed by atoms with Crippen LogP contribution in [0.25, 0.3) is 0 Å². The normalized spacial score (nSPS) is 11.2. The predicted octanol–water partition coefficient (Wildman–Crippen LogP) is 0.657. The number of nitrogens with one attached hydrogen (secondary N) is 2. The molecule has 0 saturated carbocycles. The molecule has 0 fully saturated rings. The lowest BCUT2D eigenvalue weighted by Gasteiger charge is -2.11. The molecule has 1 aromatic carbocycles. The van der Waals surface area contributed by atoms with Crippen molar-refractivity contribution < 1.29 is 14.3 Å². The minimum Gasteiger partial charge on any atom is -0.383 e. The first-order valence-electron chi connectivity index (χ1n) is 5.91. The van der Waals surface area contributed by atoms with E-state index in [9.17, 15) is 9.59 Å². The Bertz CT molecular complexity index is 454. The zero-order valence-corrected chi connectivity index (χ0v) is 12.3. The maximum absolute atomic E-state index is 11.6. The number of ether oxygens (including phenoxy) is 1. The van der Waals surface area contributed by atoms with Crippen molar-refractivity contribution in [1.82, 2.24) is 5.32 Å². The van der Waals surface area contributed by atoms with Crippen LogP contribution >= 0.6 is 12.4 Å². The van der Waals surface area contributed by atoms with Gasteiger partial charge in [0.05, 0.1) is 6.61 Å². The Morgan fingerprint density at radius 3 is 2.70 bits per heavy atom. The summed E-state index contributed by atoms with van der Waals surface area (Å²) >= 11 is 0. The first kappa shape index (κ1) is 18.4. The van der Waals surface area contributed by atoms with Gasteiger partial charge in [-0.3, -0.25) is 9.59 Å². The van der Waals surface area contributed by atoms with Crippen LogP contribution in [0, 0.1) is 0 Å². The molecule has 0 spiro atoms. The summed E-state index contributed by atoms with van der Waals surface area (Å²) in [6.07, 6.45) is 0. The third-order valence-corrected chi connectivity index (χ3v) is 2.40. The molecule has 0 aliphatic heterocycles. The van der Waals surface area contributed by atoms with Crippen molar-refractivity contribution in [2.24, 2.45) is 5.73 Å². The minimum absolute atomic E-state index is 0. The highest BCUT2D eigenvalue weighted by molar-refractivity contribution is 5.88. The summed E-state index contributed by atoms with van der Waals surface area (Å²) in [5.41, 5.74) is 7.17. The average Bonchev–Trinajstić information content (AvgIpc) is 2.36. The van der Waals surface area contributed by atoms with Crippen LogP contribution in [0.15, 0.2) is 24.3 Å². The first-order valence-corrected chi connectivity index (χ1v) is 5.91. The van der Waals surface area contributed by atoms with Crippen LogP contribution in [-0.2, 0) is 20.9 Å². The maximum Gasteiger partial charge on any atom is 0.239 e. The molecule has 0 aliphatic carbocycles. The van der Waals surface area contributed by atoms with Gasteiger partial charge >= 0.3 is 0 Å². The Labute approximate surface area is 124 Å². The van der Waals surface area contributed by atoms with E-state index in [0.29, 0.717) is 12.2 Å². The Kier molecular flexibility index (Phi) is 8.54. The summed E-state index contributed by atoms with van der Waals surface area (Å²) in [6.45, 7) is 1.97. The van der Waals surface area contributed by atoms with E-state index in [1.54, 1.807) is 12.1 Å². The molecule has 0 aromatic heterocycles. The van der Waals surface area contributed by atoms with Gasteiger partial charge in [-0.05, 0) is 17.7 Å². The second-order valence-electron chi connectivity index (χ2n) is 4.16. The van der Waals surface area contributed by atoms with E-state index in [1.165, 1.54) is 14.0 Å². The topological polar surface area (TPSA) is 93.4 Å². The molecule has 1 atom stereocenters. The molecular weight excluding hydrogens is 282 g/mol. The molecule has 1 aromatic rings. The third-order valence-electron chi connectivity index (χ3n) is 2.40. The number of halogens is 1. The zero-order chi connectivity index (χ0) is 14.3. The zero-order valence-electron chi connectivity index (χ0n) is 11.5. The highest BCUT2D eigenvalue weighted by Crippen LogP contribution is 2.10. The van der Waals surface area contributed by atoms with Gasteiger partial charge in [0, 0.05) is 26.3 Å². The molecule has 0 aliphatic rings. The molecule has 1 unspecified atom stereocenters. The van der Waals surface area contributed by atoms with Crippen LogP contribution in [0.4, 0.5) is 5.69 Å². The van der Waals surface area contributed by atoms with Crippen molar-refractivity contribution in [3.63, 3.8) is 0 Å². The standard InChI is InChI=1S/C13H19N3O3.ClH/c1-9(17)16-11-5-3-4-10(6-11)7-15-13(18)12(14)8-19-2;/h3-6,12H,7-8,14H2,1-2H3,(H,15,18)(H,16,17);1H. The van der Waals surface area contributed by atoms with Crippen molar-refractivity contribution in [2.75, 3.05) is 19.0 Å². The van der Waals surface area contributed by atoms with Crippen molar-refractivity contribution in [3.05, 3.63) is 29.8 Å².